The number of hydrogen-bond acceptors (Lipinski definition) is 2. The molecule has 4 heteroatoms. The molecule has 0 aliphatic carbocycles. The second-order valence-corrected chi connectivity index (χ2v) is 8.82. The number of carboxylic acid groups (broad SMARTS) is 1. The Labute approximate surface area is 199 Å². The van der Waals surface area contributed by atoms with Crippen LogP contribution in [0, 0.1) is 0 Å². The first-order valence-corrected chi connectivity index (χ1v) is 12.5. The summed E-state index contributed by atoms with van der Waals surface area (Å²) < 4.78 is 0. The molecule has 0 aliphatic rings. The predicted octanol–water partition coefficient (Wildman–Crippen LogP) is 8.50. The first-order valence-electron chi connectivity index (χ1n) is 12.5. The number of benzene rings is 1. The van der Waals surface area contributed by atoms with E-state index in [-0.39, 0.29) is 12.4 Å². The Morgan fingerprint density at radius 1 is 0.710 bits per heavy atom. The van der Waals surface area contributed by atoms with Crippen LogP contribution in [-0.4, -0.2) is 30.1 Å². The van der Waals surface area contributed by atoms with E-state index in [9.17, 15) is 4.79 Å². The third-order valence-corrected chi connectivity index (χ3v) is 5.34. The van der Waals surface area contributed by atoms with Crippen molar-refractivity contribution in [2.24, 2.45) is 0 Å². The topological polar surface area (TPSA) is 40.5 Å². The van der Waals surface area contributed by atoms with Crippen LogP contribution in [0.2, 0.25) is 0 Å². The number of carbonyl (C=O) groups is 1. The molecule has 31 heavy (non-hydrogen) atoms. The lowest BCUT2D eigenvalue weighted by molar-refractivity contribution is -0.137. The van der Waals surface area contributed by atoms with Gasteiger partial charge in [0.05, 0.1) is 0 Å². The molecule has 0 saturated heterocycles. The molecule has 0 amide bonds. The van der Waals surface area contributed by atoms with Gasteiger partial charge in [-0.15, -0.1) is 12.4 Å². The van der Waals surface area contributed by atoms with E-state index in [1.807, 2.05) is 6.07 Å². The Kier molecular flexibility index (Phi) is 26.1. The quantitative estimate of drug-likeness (QED) is 0.225. The third-order valence-electron chi connectivity index (χ3n) is 5.34. The van der Waals surface area contributed by atoms with Crippen molar-refractivity contribution in [3.63, 3.8) is 0 Å². The fraction of sp³-hybridized carbons (Fsp3) is 0.741. The molecule has 0 fully saturated rings. The van der Waals surface area contributed by atoms with E-state index in [1.165, 1.54) is 89.0 Å². The summed E-state index contributed by atoms with van der Waals surface area (Å²) in [6.45, 7) is 3.30. The zero-order valence-corrected chi connectivity index (χ0v) is 21.4. The van der Waals surface area contributed by atoms with Crippen LogP contribution in [0.3, 0.4) is 0 Å². The van der Waals surface area contributed by atoms with Gasteiger partial charge in [0.25, 0.3) is 0 Å². The van der Waals surface area contributed by atoms with Crippen LogP contribution >= 0.6 is 12.4 Å². The van der Waals surface area contributed by atoms with Crippen LogP contribution in [0.25, 0.3) is 0 Å². The average Bonchev–Trinajstić information content (AvgIpc) is 2.71. The Hall–Kier alpha value is -1.06. The Balaban J connectivity index is 0. The third kappa shape index (κ3) is 26.9. The Morgan fingerprint density at radius 3 is 1.45 bits per heavy atom. The van der Waals surface area contributed by atoms with Gasteiger partial charge in [-0.05, 0) is 26.1 Å². The fourth-order valence-electron chi connectivity index (χ4n) is 3.60. The molecule has 0 aliphatic heterocycles. The molecule has 0 atom stereocenters. The lowest BCUT2D eigenvalue weighted by Crippen LogP contribution is -2.10. The lowest BCUT2D eigenvalue weighted by Gasteiger charge is -2.08. The van der Waals surface area contributed by atoms with Gasteiger partial charge in [-0.25, -0.2) is 0 Å². The Bertz CT molecular complexity index is 479. The van der Waals surface area contributed by atoms with E-state index in [4.69, 9.17) is 5.11 Å². The monoisotopic (exact) mass is 455 g/mol. The molecule has 1 rings (SSSR count). The van der Waals surface area contributed by atoms with Gasteiger partial charge in [-0.1, -0.05) is 127 Å². The molecule has 182 valence electrons. The molecule has 0 saturated carbocycles. The number of aliphatic carboxylic acids is 1. The van der Waals surface area contributed by atoms with Crippen molar-refractivity contribution in [3.8, 4) is 0 Å². The summed E-state index contributed by atoms with van der Waals surface area (Å²) in [5, 5.41) is 8.52. The number of carboxylic acids is 1. The molecule has 1 aromatic rings. The highest BCUT2D eigenvalue weighted by Crippen LogP contribution is 2.13. The molecular weight excluding hydrogens is 406 g/mol. The van der Waals surface area contributed by atoms with Crippen molar-refractivity contribution in [1.82, 2.24) is 4.90 Å². The summed E-state index contributed by atoms with van der Waals surface area (Å²) in [6.07, 6.45) is 20.2. The maximum atomic E-state index is 10.3. The van der Waals surface area contributed by atoms with Gasteiger partial charge < -0.3 is 10.0 Å². The van der Waals surface area contributed by atoms with Gasteiger partial charge in [0.1, 0.15) is 0 Å². The number of halogens is 1. The van der Waals surface area contributed by atoms with Crippen molar-refractivity contribution in [2.75, 3.05) is 14.1 Å². The van der Waals surface area contributed by atoms with Gasteiger partial charge in [-0.3, -0.25) is 4.79 Å². The second kappa shape index (κ2) is 25.2. The van der Waals surface area contributed by atoms with E-state index >= 15 is 0 Å². The molecule has 1 N–H and O–H groups in total. The molecule has 0 spiro atoms. The molecule has 0 radical (unpaired) electrons. The summed E-state index contributed by atoms with van der Waals surface area (Å²) in [7, 11) is 4.15. The maximum Gasteiger partial charge on any atom is 0.303 e. The summed E-state index contributed by atoms with van der Waals surface area (Å²) in [5.41, 5.74) is 1.37. The molecule has 1 aromatic carbocycles. The minimum Gasteiger partial charge on any atom is -0.481 e. The highest BCUT2D eigenvalue weighted by atomic mass is 35.5. The molecule has 0 unspecified atom stereocenters. The summed E-state index contributed by atoms with van der Waals surface area (Å²) in [4.78, 5) is 12.5. The van der Waals surface area contributed by atoms with Gasteiger partial charge in [-0.2, -0.15) is 0 Å². The zero-order valence-electron chi connectivity index (χ0n) is 20.6. The van der Waals surface area contributed by atoms with E-state index in [0.717, 1.165) is 19.4 Å². The van der Waals surface area contributed by atoms with Gasteiger partial charge in [0.15, 0.2) is 0 Å². The lowest BCUT2D eigenvalue weighted by atomic mass is 10.0. The first kappa shape index (κ1) is 32.1. The SMILES string of the molecule is CCCCCCCCCCCCCCCCCC(=O)O.CN(C)Cc1ccccc1.Cl. The first-order chi connectivity index (χ1) is 14.6. The fourth-order valence-corrected chi connectivity index (χ4v) is 3.60. The zero-order chi connectivity index (χ0) is 22.3. The van der Waals surface area contributed by atoms with Crippen LogP contribution < -0.4 is 0 Å². The van der Waals surface area contributed by atoms with Crippen LogP contribution in [0.4, 0.5) is 0 Å². The van der Waals surface area contributed by atoms with E-state index in [2.05, 4.69) is 50.2 Å². The largest absolute Gasteiger partial charge is 0.481 e. The van der Waals surface area contributed by atoms with Gasteiger partial charge in [0.2, 0.25) is 0 Å². The highest BCUT2D eigenvalue weighted by Gasteiger charge is 1.97. The van der Waals surface area contributed by atoms with E-state index in [1.54, 1.807) is 0 Å². The summed E-state index contributed by atoms with van der Waals surface area (Å²) in [6, 6.07) is 10.5. The molecule has 0 bridgehead atoms. The number of rotatable bonds is 18. The molecule has 3 nitrogen and oxygen atoms in total. The van der Waals surface area contributed by atoms with Gasteiger partial charge >= 0.3 is 5.97 Å². The van der Waals surface area contributed by atoms with Crippen LogP contribution in [0.5, 0.6) is 0 Å². The van der Waals surface area contributed by atoms with Gasteiger partial charge in [0, 0.05) is 13.0 Å². The Morgan fingerprint density at radius 2 is 1.10 bits per heavy atom. The predicted molar refractivity (Wildman–Crippen MR) is 138 cm³/mol. The minimum atomic E-state index is -0.653. The van der Waals surface area contributed by atoms with Crippen molar-refractivity contribution in [1.29, 1.82) is 0 Å². The normalized spacial score (nSPS) is 10.3. The van der Waals surface area contributed by atoms with Crippen LogP contribution in [0.1, 0.15) is 115 Å². The van der Waals surface area contributed by atoms with Crippen molar-refractivity contribution >= 4 is 18.4 Å². The minimum absolute atomic E-state index is 0. The van der Waals surface area contributed by atoms with Crippen molar-refractivity contribution in [3.05, 3.63) is 35.9 Å². The second-order valence-electron chi connectivity index (χ2n) is 8.82. The molecular formula is C27H50ClNO2. The summed E-state index contributed by atoms with van der Waals surface area (Å²) in [5.74, 6) is -0.653. The van der Waals surface area contributed by atoms with E-state index < -0.39 is 5.97 Å². The molecule has 0 heterocycles. The summed E-state index contributed by atoms with van der Waals surface area (Å²) >= 11 is 0. The number of hydrogen-bond donors (Lipinski definition) is 1. The highest BCUT2D eigenvalue weighted by molar-refractivity contribution is 5.85. The van der Waals surface area contributed by atoms with E-state index in [0.29, 0.717) is 6.42 Å². The number of unbranched alkanes of at least 4 members (excludes halogenated alkanes) is 14. The maximum absolute atomic E-state index is 10.3. The smallest absolute Gasteiger partial charge is 0.303 e. The van der Waals surface area contributed by atoms with Crippen molar-refractivity contribution < 1.29 is 9.90 Å². The standard InChI is InChI=1S/C18H36O2.C9H13N.ClH/c1-2-3-4-5-6-7-8-9-10-11-12-13-14-15-16-17-18(19)20;1-10(2)8-9-6-4-3-5-7-9;/h2-17H2,1H3,(H,19,20);3-7H,8H2,1-2H3;1H. The number of nitrogens with zero attached hydrogens (tertiary/aromatic N) is 1. The van der Waals surface area contributed by atoms with Crippen LogP contribution in [-0.2, 0) is 11.3 Å². The van der Waals surface area contributed by atoms with Crippen LogP contribution in [0.15, 0.2) is 30.3 Å². The van der Waals surface area contributed by atoms with Crippen molar-refractivity contribution in [2.45, 2.75) is 116 Å². The average molecular weight is 456 g/mol. The molecule has 0 aromatic heterocycles.